The summed E-state index contributed by atoms with van der Waals surface area (Å²) in [5.41, 5.74) is 3.75. The van der Waals surface area contributed by atoms with E-state index in [1.807, 2.05) is 91.8 Å². The molecule has 0 aliphatic heterocycles. The second kappa shape index (κ2) is 9.01. The van der Waals surface area contributed by atoms with E-state index in [2.05, 4.69) is 0 Å². The number of hydroxylamine groups is 2. The van der Waals surface area contributed by atoms with Gasteiger partial charge in [0.25, 0.3) is 0 Å². The molecule has 0 aliphatic carbocycles. The van der Waals surface area contributed by atoms with E-state index in [-0.39, 0.29) is 5.97 Å². The Balaban J connectivity index is 1.74. The topological polar surface area (TPSA) is 32.8 Å². The van der Waals surface area contributed by atoms with Crippen LogP contribution in [0.4, 0.5) is 5.69 Å². The summed E-state index contributed by atoms with van der Waals surface area (Å²) in [5.74, 6) is -0.354. The normalized spacial score (nSPS) is 10.6. The molecular formula is C23H24N2O2. The van der Waals surface area contributed by atoms with Crippen molar-refractivity contribution in [2.24, 2.45) is 0 Å². The van der Waals surface area contributed by atoms with Crippen molar-refractivity contribution in [2.75, 3.05) is 19.0 Å². The first-order valence-corrected chi connectivity index (χ1v) is 8.94. The zero-order valence-corrected chi connectivity index (χ0v) is 15.7. The molecule has 0 unspecified atom stereocenters. The third kappa shape index (κ3) is 5.43. The van der Waals surface area contributed by atoms with Crippen molar-refractivity contribution < 1.29 is 9.63 Å². The van der Waals surface area contributed by atoms with Gasteiger partial charge in [0.15, 0.2) is 0 Å². The monoisotopic (exact) mass is 360 g/mol. The minimum absolute atomic E-state index is 0.354. The highest BCUT2D eigenvalue weighted by atomic mass is 16.7. The third-order valence-corrected chi connectivity index (χ3v) is 4.23. The average Bonchev–Trinajstić information content (AvgIpc) is 2.69. The molecule has 0 saturated heterocycles. The van der Waals surface area contributed by atoms with Gasteiger partial charge in [-0.25, -0.2) is 4.79 Å². The standard InChI is InChI=1S/C23H24N2O2/c1-24(2)22-15-13-21(14-16-22)23(26)27-25(17-19-9-5-3-6-10-19)18-20-11-7-4-8-12-20/h3-16H,17-18H2,1-2H3. The van der Waals surface area contributed by atoms with Crippen LogP contribution in [0.2, 0.25) is 0 Å². The van der Waals surface area contributed by atoms with Crippen LogP contribution in [0.1, 0.15) is 21.5 Å². The van der Waals surface area contributed by atoms with Crippen molar-refractivity contribution in [3.05, 3.63) is 102 Å². The Morgan fingerprint density at radius 2 is 1.22 bits per heavy atom. The summed E-state index contributed by atoms with van der Waals surface area (Å²) in [4.78, 5) is 20.4. The Hall–Kier alpha value is -3.11. The molecule has 3 rings (SSSR count). The predicted molar refractivity (Wildman–Crippen MR) is 108 cm³/mol. The molecular weight excluding hydrogens is 336 g/mol. The highest BCUT2D eigenvalue weighted by Crippen LogP contribution is 2.16. The number of hydrogen-bond donors (Lipinski definition) is 0. The van der Waals surface area contributed by atoms with Crippen molar-refractivity contribution in [3.8, 4) is 0 Å². The molecule has 0 aromatic heterocycles. The van der Waals surface area contributed by atoms with Crippen molar-refractivity contribution in [1.29, 1.82) is 0 Å². The summed E-state index contributed by atoms with van der Waals surface area (Å²) in [6.45, 7) is 1.05. The van der Waals surface area contributed by atoms with E-state index in [1.165, 1.54) is 0 Å². The van der Waals surface area contributed by atoms with E-state index in [0.29, 0.717) is 18.7 Å². The molecule has 27 heavy (non-hydrogen) atoms. The molecule has 0 heterocycles. The van der Waals surface area contributed by atoms with Crippen LogP contribution in [-0.4, -0.2) is 25.1 Å². The summed E-state index contributed by atoms with van der Waals surface area (Å²) in [6, 6.07) is 27.4. The zero-order valence-electron chi connectivity index (χ0n) is 15.7. The van der Waals surface area contributed by atoms with Crippen LogP contribution in [0.3, 0.4) is 0 Å². The Bertz CT molecular complexity index is 805. The molecule has 0 aliphatic rings. The molecule has 3 aromatic rings. The van der Waals surface area contributed by atoms with Crippen LogP contribution in [-0.2, 0) is 17.9 Å². The fourth-order valence-electron chi connectivity index (χ4n) is 2.76. The van der Waals surface area contributed by atoms with E-state index in [9.17, 15) is 4.79 Å². The lowest BCUT2D eigenvalue weighted by molar-refractivity contribution is -0.123. The van der Waals surface area contributed by atoms with Crippen molar-refractivity contribution >= 4 is 11.7 Å². The molecule has 138 valence electrons. The fourth-order valence-corrected chi connectivity index (χ4v) is 2.76. The first-order chi connectivity index (χ1) is 13.1. The lowest BCUT2D eigenvalue weighted by Crippen LogP contribution is -2.27. The van der Waals surface area contributed by atoms with E-state index in [4.69, 9.17) is 4.84 Å². The molecule has 0 amide bonds. The maximum Gasteiger partial charge on any atom is 0.357 e. The fraction of sp³-hybridized carbons (Fsp3) is 0.174. The third-order valence-electron chi connectivity index (χ3n) is 4.23. The quantitative estimate of drug-likeness (QED) is 0.580. The summed E-state index contributed by atoms with van der Waals surface area (Å²) in [7, 11) is 3.93. The van der Waals surface area contributed by atoms with Gasteiger partial charge in [0.1, 0.15) is 0 Å². The molecule has 0 bridgehead atoms. The smallest absolute Gasteiger partial charge is 0.357 e. The van der Waals surface area contributed by atoms with Gasteiger partial charge in [0, 0.05) is 19.8 Å². The Morgan fingerprint density at radius 3 is 1.67 bits per heavy atom. The molecule has 4 heteroatoms. The lowest BCUT2D eigenvalue weighted by Gasteiger charge is -2.22. The van der Waals surface area contributed by atoms with Crippen molar-refractivity contribution in [1.82, 2.24) is 5.06 Å². The minimum atomic E-state index is -0.354. The van der Waals surface area contributed by atoms with Gasteiger partial charge in [-0.05, 0) is 35.4 Å². The van der Waals surface area contributed by atoms with Crippen LogP contribution < -0.4 is 4.90 Å². The van der Waals surface area contributed by atoms with Gasteiger partial charge in [-0.1, -0.05) is 60.7 Å². The SMILES string of the molecule is CN(C)c1ccc(C(=O)ON(Cc2ccccc2)Cc2ccccc2)cc1. The number of rotatable bonds is 7. The van der Waals surface area contributed by atoms with Crippen molar-refractivity contribution in [2.45, 2.75) is 13.1 Å². The van der Waals surface area contributed by atoms with Crippen LogP contribution in [0.5, 0.6) is 0 Å². The zero-order chi connectivity index (χ0) is 19.1. The Morgan fingerprint density at radius 1 is 0.741 bits per heavy atom. The lowest BCUT2D eigenvalue weighted by atomic mass is 10.2. The second-order valence-corrected chi connectivity index (χ2v) is 6.59. The van der Waals surface area contributed by atoms with Gasteiger partial charge < -0.3 is 9.74 Å². The highest BCUT2D eigenvalue weighted by Gasteiger charge is 2.15. The molecule has 3 aromatic carbocycles. The molecule has 0 N–H and O–H groups in total. The van der Waals surface area contributed by atoms with E-state index >= 15 is 0 Å². The van der Waals surface area contributed by atoms with Gasteiger partial charge in [0.2, 0.25) is 0 Å². The van der Waals surface area contributed by atoms with Crippen LogP contribution in [0.25, 0.3) is 0 Å². The Kier molecular flexibility index (Phi) is 6.23. The molecule has 4 nitrogen and oxygen atoms in total. The molecule has 0 saturated carbocycles. The summed E-state index contributed by atoms with van der Waals surface area (Å²) < 4.78 is 0. The Labute approximate surface area is 160 Å². The van der Waals surface area contributed by atoms with Crippen LogP contribution in [0, 0.1) is 0 Å². The average molecular weight is 360 g/mol. The molecule has 0 atom stereocenters. The number of hydrogen-bond acceptors (Lipinski definition) is 4. The minimum Gasteiger partial charge on any atom is -0.378 e. The number of anilines is 1. The van der Waals surface area contributed by atoms with E-state index < -0.39 is 0 Å². The van der Waals surface area contributed by atoms with Gasteiger partial charge >= 0.3 is 5.97 Å². The maximum absolute atomic E-state index is 12.6. The summed E-state index contributed by atoms with van der Waals surface area (Å²) in [5, 5.41) is 1.70. The van der Waals surface area contributed by atoms with Crippen LogP contribution >= 0.6 is 0 Å². The first-order valence-electron chi connectivity index (χ1n) is 8.94. The second-order valence-electron chi connectivity index (χ2n) is 6.59. The number of carbonyl (C=O) groups excluding carboxylic acids is 1. The number of carbonyl (C=O) groups is 1. The van der Waals surface area contributed by atoms with Gasteiger partial charge in [-0.2, -0.15) is 0 Å². The van der Waals surface area contributed by atoms with Crippen LogP contribution in [0.15, 0.2) is 84.9 Å². The van der Waals surface area contributed by atoms with E-state index in [1.54, 1.807) is 17.2 Å². The number of benzene rings is 3. The highest BCUT2D eigenvalue weighted by molar-refractivity contribution is 5.89. The molecule has 0 spiro atoms. The largest absolute Gasteiger partial charge is 0.378 e. The maximum atomic E-state index is 12.6. The predicted octanol–water partition coefficient (Wildman–Crippen LogP) is 4.53. The van der Waals surface area contributed by atoms with Gasteiger partial charge in [-0.3, -0.25) is 0 Å². The van der Waals surface area contributed by atoms with E-state index in [0.717, 1.165) is 16.8 Å². The molecule has 0 fully saturated rings. The summed E-state index contributed by atoms with van der Waals surface area (Å²) in [6.07, 6.45) is 0. The number of nitrogens with zero attached hydrogens (tertiary/aromatic N) is 2. The van der Waals surface area contributed by atoms with Crippen molar-refractivity contribution in [3.63, 3.8) is 0 Å². The first kappa shape index (κ1) is 18.7. The van der Waals surface area contributed by atoms with Gasteiger partial charge in [0.05, 0.1) is 18.7 Å². The van der Waals surface area contributed by atoms with Gasteiger partial charge in [-0.15, -0.1) is 5.06 Å². The molecule has 0 radical (unpaired) electrons. The summed E-state index contributed by atoms with van der Waals surface area (Å²) >= 11 is 0.